The molecule has 0 aliphatic rings. The predicted octanol–water partition coefficient (Wildman–Crippen LogP) is 6.13. The molecule has 0 aliphatic heterocycles. The average Bonchev–Trinajstić information content (AvgIpc) is 3.24. The van der Waals surface area contributed by atoms with Gasteiger partial charge in [-0.2, -0.15) is 0 Å². The number of nitrogens with two attached hydrogens (primary N) is 1. The SMILES string of the molecule is C.CCOC(=O)c1cnc(N)c2c(COc3cccc(OCc4cc(F)ccc4F)c3)csc12. The molecule has 2 N–H and O–H groups in total. The maximum Gasteiger partial charge on any atom is 0.341 e. The molecule has 0 bridgehead atoms. The second-order valence-corrected chi connectivity index (χ2v) is 7.91. The van der Waals surface area contributed by atoms with Gasteiger partial charge in [0.15, 0.2) is 0 Å². The van der Waals surface area contributed by atoms with E-state index in [1.807, 2.05) is 5.38 Å². The molecule has 9 heteroatoms. The molecule has 0 saturated heterocycles. The normalized spacial score (nSPS) is 10.6. The zero-order valence-corrected chi connectivity index (χ0v) is 18.5. The summed E-state index contributed by atoms with van der Waals surface area (Å²) in [5.74, 6) is -0.274. The van der Waals surface area contributed by atoms with Crippen LogP contribution in [0.2, 0.25) is 0 Å². The summed E-state index contributed by atoms with van der Waals surface area (Å²) in [6.07, 6.45) is 1.42. The molecule has 0 fully saturated rings. The summed E-state index contributed by atoms with van der Waals surface area (Å²) in [7, 11) is 0. The fourth-order valence-corrected chi connectivity index (χ4v) is 4.28. The minimum atomic E-state index is -0.540. The minimum absolute atomic E-state index is 0. The second kappa shape index (κ2) is 10.9. The van der Waals surface area contributed by atoms with Gasteiger partial charge in [0.1, 0.15) is 42.2 Å². The molecule has 4 rings (SSSR count). The summed E-state index contributed by atoms with van der Waals surface area (Å²) in [6, 6.07) is 10.0. The molecule has 178 valence electrons. The van der Waals surface area contributed by atoms with Crippen LogP contribution in [0.5, 0.6) is 11.5 Å². The van der Waals surface area contributed by atoms with E-state index >= 15 is 0 Å². The zero-order valence-electron chi connectivity index (χ0n) is 17.6. The predicted molar refractivity (Wildman–Crippen MR) is 128 cm³/mol. The lowest BCUT2D eigenvalue weighted by Gasteiger charge is -2.10. The van der Waals surface area contributed by atoms with Gasteiger partial charge in [-0.3, -0.25) is 0 Å². The van der Waals surface area contributed by atoms with Crippen LogP contribution in [0.25, 0.3) is 10.1 Å². The van der Waals surface area contributed by atoms with Crippen LogP contribution in [0, 0.1) is 11.6 Å². The number of nitrogens with zero attached hydrogens (tertiary/aromatic N) is 1. The second-order valence-electron chi connectivity index (χ2n) is 7.03. The smallest absolute Gasteiger partial charge is 0.341 e. The third kappa shape index (κ3) is 5.43. The van der Waals surface area contributed by atoms with Crippen molar-refractivity contribution in [2.24, 2.45) is 0 Å². The van der Waals surface area contributed by atoms with Gasteiger partial charge in [-0.05, 0) is 42.6 Å². The number of rotatable bonds is 8. The van der Waals surface area contributed by atoms with E-state index in [1.54, 1.807) is 31.2 Å². The lowest BCUT2D eigenvalue weighted by molar-refractivity contribution is 0.0528. The standard InChI is InChI=1S/C24H20F2N2O4S.CH4/c1-2-30-24(29)19-10-28-23(27)21-15(13-33-22(19)21)12-32-18-5-3-4-17(9-18)31-11-14-8-16(25)6-7-20(14)26;/h3-10,13H,2,11-12H2,1H3,(H2,27,28);1H4. The van der Waals surface area contributed by atoms with Crippen molar-refractivity contribution < 1.29 is 27.8 Å². The summed E-state index contributed by atoms with van der Waals surface area (Å²) in [4.78, 5) is 16.3. The van der Waals surface area contributed by atoms with E-state index in [9.17, 15) is 13.6 Å². The van der Waals surface area contributed by atoms with Gasteiger partial charge >= 0.3 is 5.97 Å². The van der Waals surface area contributed by atoms with E-state index in [0.717, 1.165) is 23.8 Å². The van der Waals surface area contributed by atoms with Gasteiger partial charge in [0.05, 0.1) is 16.9 Å². The first-order valence-corrected chi connectivity index (χ1v) is 11.0. The molecule has 34 heavy (non-hydrogen) atoms. The Morgan fingerprint density at radius 3 is 2.47 bits per heavy atom. The number of hydrogen-bond acceptors (Lipinski definition) is 7. The number of nitrogen functional groups attached to an aromatic ring is 1. The Morgan fingerprint density at radius 1 is 1.06 bits per heavy atom. The van der Waals surface area contributed by atoms with Crippen molar-refractivity contribution in [3.63, 3.8) is 0 Å². The van der Waals surface area contributed by atoms with Crippen LogP contribution in [0.1, 0.15) is 35.8 Å². The molecule has 0 saturated carbocycles. The summed E-state index contributed by atoms with van der Waals surface area (Å²) in [5.41, 5.74) is 7.32. The molecule has 0 atom stereocenters. The Hall–Kier alpha value is -3.72. The molecule has 0 amide bonds. The van der Waals surface area contributed by atoms with E-state index in [2.05, 4.69) is 4.98 Å². The molecule has 2 aromatic carbocycles. The summed E-state index contributed by atoms with van der Waals surface area (Å²) >= 11 is 1.36. The topological polar surface area (TPSA) is 83.7 Å². The van der Waals surface area contributed by atoms with Gasteiger partial charge in [-0.1, -0.05) is 13.5 Å². The van der Waals surface area contributed by atoms with Gasteiger partial charge in [0.2, 0.25) is 0 Å². The van der Waals surface area contributed by atoms with E-state index in [0.29, 0.717) is 33.0 Å². The molecule has 0 unspecified atom stereocenters. The van der Waals surface area contributed by atoms with Crippen molar-refractivity contribution in [3.8, 4) is 11.5 Å². The number of carbonyl (C=O) groups excluding carboxylic acids is 1. The quantitative estimate of drug-likeness (QED) is 0.302. The summed E-state index contributed by atoms with van der Waals surface area (Å²) in [5, 5.41) is 2.51. The number of hydrogen-bond donors (Lipinski definition) is 1. The molecular formula is C25H24F2N2O4S. The first-order valence-electron chi connectivity index (χ1n) is 10.1. The maximum absolute atomic E-state index is 13.8. The Bertz CT molecular complexity index is 1310. The van der Waals surface area contributed by atoms with Gasteiger partial charge in [0, 0.05) is 28.8 Å². The van der Waals surface area contributed by atoms with Crippen molar-refractivity contribution in [2.75, 3.05) is 12.3 Å². The fourth-order valence-electron chi connectivity index (χ4n) is 3.22. The van der Waals surface area contributed by atoms with Crippen LogP contribution >= 0.6 is 11.3 Å². The minimum Gasteiger partial charge on any atom is -0.489 e. The van der Waals surface area contributed by atoms with Crippen molar-refractivity contribution in [1.82, 2.24) is 4.98 Å². The molecule has 4 aromatic rings. The maximum atomic E-state index is 13.8. The van der Waals surface area contributed by atoms with Crippen LogP contribution < -0.4 is 15.2 Å². The van der Waals surface area contributed by atoms with E-state index in [-0.39, 0.29) is 32.8 Å². The zero-order chi connectivity index (χ0) is 23.4. The number of benzene rings is 2. The lowest BCUT2D eigenvalue weighted by Crippen LogP contribution is -2.06. The van der Waals surface area contributed by atoms with E-state index in [4.69, 9.17) is 19.9 Å². The Balaban J connectivity index is 0.00000324. The van der Waals surface area contributed by atoms with Crippen molar-refractivity contribution in [3.05, 3.63) is 82.4 Å². The highest BCUT2D eigenvalue weighted by molar-refractivity contribution is 7.17. The number of carbonyl (C=O) groups is 1. The van der Waals surface area contributed by atoms with Gasteiger partial charge in [0.25, 0.3) is 0 Å². The molecule has 0 radical (unpaired) electrons. The van der Waals surface area contributed by atoms with Gasteiger partial charge in [-0.25, -0.2) is 18.6 Å². The highest BCUT2D eigenvalue weighted by Crippen LogP contribution is 2.33. The Kier molecular flexibility index (Phi) is 8.01. The van der Waals surface area contributed by atoms with Gasteiger partial charge in [-0.15, -0.1) is 11.3 Å². The number of esters is 1. The molecule has 2 aromatic heterocycles. The van der Waals surface area contributed by atoms with E-state index < -0.39 is 17.6 Å². The fraction of sp³-hybridized carbons (Fsp3) is 0.200. The van der Waals surface area contributed by atoms with Gasteiger partial charge < -0.3 is 19.9 Å². The van der Waals surface area contributed by atoms with E-state index in [1.165, 1.54) is 17.5 Å². The number of fused-ring (bicyclic) bond motifs is 1. The Labute approximate surface area is 199 Å². The van der Waals surface area contributed by atoms with Crippen LogP contribution in [0.3, 0.4) is 0 Å². The monoisotopic (exact) mass is 486 g/mol. The first-order chi connectivity index (χ1) is 16.0. The van der Waals surface area contributed by atoms with Crippen LogP contribution in [0.15, 0.2) is 54.0 Å². The number of thiophene rings is 1. The number of pyridine rings is 1. The summed E-state index contributed by atoms with van der Waals surface area (Å²) < 4.78 is 44.4. The molecule has 0 spiro atoms. The number of anilines is 1. The molecule has 6 nitrogen and oxygen atoms in total. The van der Waals surface area contributed by atoms with Crippen molar-refractivity contribution >= 4 is 33.2 Å². The molecule has 0 aliphatic carbocycles. The van der Waals surface area contributed by atoms with Crippen LogP contribution in [0.4, 0.5) is 14.6 Å². The highest BCUT2D eigenvalue weighted by atomic mass is 32.1. The molecule has 2 heterocycles. The third-order valence-corrected chi connectivity index (χ3v) is 5.86. The third-order valence-electron chi connectivity index (χ3n) is 4.80. The number of aromatic nitrogens is 1. The van der Waals surface area contributed by atoms with Crippen LogP contribution in [-0.4, -0.2) is 17.6 Å². The average molecular weight is 487 g/mol. The highest BCUT2D eigenvalue weighted by Gasteiger charge is 2.18. The number of halogens is 2. The first kappa shape index (κ1) is 24.9. The van der Waals surface area contributed by atoms with Crippen molar-refractivity contribution in [2.45, 2.75) is 27.6 Å². The lowest BCUT2D eigenvalue weighted by atomic mass is 10.1. The van der Waals surface area contributed by atoms with Crippen LogP contribution in [-0.2, 0) is 18.0 Å². The largest absolute Gasteiger partial charge is 0.489 e. The molecular weight excluding hydrogens is 462 g/mol. The number of ether oxygens (including phenoxy) is 3. The van der Waals surface area contributed by atoms with Crippen molar-refractivity contribution in [1.29, 1.82) is 0 Å². The summed E-state index contributed by atoms with van der Waals surface area (Å²) in [6.45, 7) is 2.05. The Morgan fingerprint density at radius 2 is 1.76 bits per heavy atom.